The second-order valence-electron chi connectivity index (χ2n) is 12.9. The predicted octanol–water partition coefficient (Wildman–Crippen LogP) is 9.01. The molecule has 0 amide bonds. The molecule has 32 heavy (non-hydrogen) atoms. The van der Waals surface area contributed by atoms with Crippen LogP contribution in [0.3, 0.4) is 0 Å². The van der Waals surface area contributed by atoms with Gasteiger partial charge in [0.05, 0.1) is 0 Å². The number of hydrogen-bond acceptors (Lipinski definition) is 1. The van der Waals surface area contributed by atoms with Crippen molar-refractivity contribution in [2.24, 2.45) is 53.3 Å². The Morgan fingerprint density at radius 3 is 2.22 bits per heavy atom. The average Bonchev–Trinajstić information content (AvgIpc) is 2.74. The van der Waals surface area contributed by atoms with Crippen LogP contribution in [0, 0.1) is 53.3 Å². The standard InChI is InChI=1S/C31H55N/c1-9-10-21(4)27-13-11-26(12-14-27)18-28-19-29(23(6)16-22(28)5)25(8)32-31-17-24(7)30(31)15-20(2)3/h9-10,20-29,32H,11-19H2,1-8H3/b10-9+. The van der Waals surface area contributed by atoms with E-state index in [9.17, 15) is 0 Å². The van der Waals surface area contributed by atoms with Crippen molar-refractivity contribution in [3.05, 3.63) is 23.4 Å². The van der Waals surface area contributed by atoms with Crippen LogP contribution in [-0.2, 0) is 0 Å². The topological polar surface area (TPSA) is 12.0 Å². The molecule has 7 atom stereocenters. The molecule has 0 radical (unpaired) electrons. The molecule has 0 spiro atoms. The Morgan fingerprint density at radius 2 is 1.62 bits per heavy atom. The molecule has 0 aromatic heterocycles. The molecule has 2 fully saturated rings. The van der Waals surface area contributed by atoms with Crippen LogP contribution in [0.1, 0.15) is 113 Å². The Balaban J connectivity index is 1.54. The number of nitrogens with one attached hydrogen (secondary N) is 1. The average molecular weight is 442 g/mol. The van der Waals surface area contributed by atoms with Gasteiger partial charge in [0, 0.05) is 11.7 Å². The first kappa shape index (κ1) is 25.9. The third-order valence-corrected chi connectivity index (χ3v) is 9.79. The van der Waals surface area contributed by atoms with E-state index in [2.05, 4.69) is 72.9 Å². The lowest BCUT2D eigenvalue weighted by Gasteiger charge is -2.45. The Bertz CT molecular complexity index is 635. The van der Waals surface area contributed by atoms with Crippen LogP contribution in [0.15, 0.2) is 23.4 Å². The van der Waals surface area contributed by atoms with Gasteiger partial charge in [0.1, 0.15) is 0 Å². The Labute approximate surface area is 201 Å². The summed E-state index contributed by atoms with van der Waals surface area (Å²) in [6.45, 7) is 19.3. The molecule has 3 aliphatic carbocycles. The van der Waals surface area contributed by atoms with Crippen molar-refractivity contribution in [3.8, 4) is 0 Å². The van der Waals surface area contributed by atoms with Crippen molar-refractivity contribution < 1.29 is 0 Å². The molecule has 1 heteroatoms. The first-order valence-corrected chi connectivity index (χ1v) is 14.3. The van der Waals surface area contributed by atoms with Crippen LogP contribution in [0.4, 0.5) is 0 Å². The molecule has 1 N–H and O–H groups in total. The number of hydrogen-bond donors (Lipinski definition) is 1. The summed E-state index contributed by atoms with van der Waals surface area (Å²) in [5.41, 5.74) is 3.33. The maximum absolute atomic E-state index is 4.04. The molecule has 1 nitrogen and oxygen atoms in total. The Hall–Kier alpha value is -0.720. The maximum atomic E-state index is 4.04. The highest BCUT2D eigenvalue weighted by atomic mass is 14.9. The zero-order valence-electron chi connectivity index (χ0n) is 22.8. The molecule has 184 valence electrons. The van der Waals surface area contributed by atoms with E-state index in [1.54, 1.807) is 11.3 Å². The van der Waals surface area contributed by atoms with Gasteiger partial charge in [-0.3, -0.25) is 0 Å². The minimum atomic E-state index is 0.627. The van der Waals surface area contributed by atoms with Gasteiger partial charge < -0.3 is 5.32 Å². The van der Waals surface area contributed by atoms with Gasteiger partial charge in [-0.2, -0.15) is 0 Å². The van der Waals surface area contributed by atoms with Gasteiger partial charge in [-0.25, -0.2) is 0 Å². The van der Waals surface area contributed by atoms with Gasteiger partial charge in [0.2, 0.25) is 0 Å². The summed E-state index contributed by atoms with van der Waals surface area (Å²) in [7, 11) is 0. The van der Waals surface area contributed by atoms with Crippen LogP contribution in [0.5, 0.6) is 0 Å². The van der Waals surface area contributed by atoms with E-state index in [4.69, 9.17) is 0 Å². The van der Waals surface area contributed by atoms with Crippen LogP contribution >= 0.6 is 0 Å². The minimum absolute atomic E-state index is 0.627. The maximum Gasteiger partial charge on any atom is 0.0260 e. The molecule has 2 saturated carbocycles. The zero-order chi connectivity index (χ0) is 23.4. The lowest BCUT2D eigenvalue weighted by Crippen LogP contribution is -2.44. The van der Waals surface area contributed by atoms with E-state index in [1.807, 2.05) is 0 Å². The van der Waals surface area contributed by atoms with Crippen molar-refractivity contribution >= 4 is 0 Å². The van der Waals surface area contributed by atoms with E-state index in [0.29, 0.717) is 6.04 Å². The van der Waals surface area contributed by atoms with Gasteiger partial charge in [0.15, 0.2) is 0 Å². The summed E-state index contributed by atoms with van der Waals surface area (Å²) < 4.78 is 0. The summed E-state index contributed by atoms with van der Waals surface area (Å²) in [4.78, 5) is 0. The normalized spacial score (nSPS) is 38.1. The molecule has 3 rings (SSSR count). The molecule has 0 aromatic rings. The van der Waals surface area contributed by atoms with Gasteiger partial charge in [-0.15, -0.1) is 0 Å². The third-order valence-electron chi connectivity index (χ3n) is 9.79. The lowest BCUT2D eigenvalue weighted by atomic mass is 9.63. The van der Waals surface area contributed by atoms with Gasteiger partial charge >= 0.3 is 0 Å². The number of rotatable bonds is 9. The second kappa shape index (κ2) is 11.6. The summed E-state index contributed by atoms with van der Waals surface area (Å²) in [5.74, 6) is 7.81. The fraction of sp³-hybridized carbons (Fsp3) is 0.871. The highest BCUT2D eigenvalue weighted by molar-refractivity contribution is 5.27. The molecule has 0 heterocycles. The van der Waals surface area contributed by atoms with E-state index < -0.39 is 0 Å². The van der Waals surface area contributed by atoms with Gasteiger partial charge in [-0.05, 0) is 118 Å². The van der Waals surface area contributed by atoms with E-state index in [0.717, 1.165) is 53.3 Å². The van der Waals surface area contributed by atoms with Crippen molar-refractivity contribution in [2.75, 3.05) is 0 Å². The number of allylic oxidation sites excluding steroid dienone is 4. The molecule has 0 aromatic carbocycles. The van der Waals surface area contributed by atoms with E-state index in [-0.39, 0.29) is 0 Å². The molecule has 3 aliphatic rings. The molecular weight excluding hydrogens is 386 g/mol. The van der Waals surface area contributed by atoms with Gasteiger partial charge in [-0.1, -0.05) is 66.5 Å². The minimum Gasteiger partial charge on any atom is -0.386 e. The zero-order valence-corrected chi connectivity index (χ0v) is 22.8. The second-order valence-corrected chi connectivity index (χ2v) is 12.9. The fourth-order valence-electron chi connectivity index (χ4n) is 7.66. The molecule has 0 saturated heterocycles. The monoisotopic (exact) mass is 441 g/mol. The molecule has 0 aliphatic heterocycles. The van der Waals surface area contributed by atoms with Gasteiger partial charge in [0.25, 0.3) is 0 Å². The first-order valence-electron chi connectivity index (χ1n) is 14.3. The van der Waals surface area contributed by atoms with Crippen molar-refractivity contribution in [3.63, 3.8) is 0 Å². The molecular formula is C31H55N. The van der Waals surface area contributed by atoms with Crippen LogP contribution in [-0.4, -0.2) is 6.04 Å². The van der Waals surface area contributed by atoms with E-state index in [1.165, 1.54) is 57.8 Å². The van der Waals surface area contributed by atoms with Crippen molar-refractivity contribution in [2.45, 2.75) is 119 Å². The molecule has 7 unspecified atom stereocenters. The van der Waals surface area contributed by atoms with Crippen molar-refractivity contribution in [1.82, 2.24) is 5.32 Å². The molecule has 0 bridgehead atoms. The Morgan fingerprint density at radius 1 is 0.938 bits per heavy atom. The Kier molecular flexibility index (Phi) is 9.40. The summed E-state index contributed by atoms with van der Waals surface area (Å²) in [6, 6.07) is 0.627. The fourth-order valence-corrected chi connectivity index (χ4v) is 7.66. The lowest BCUT2D eigenvalue weighted by molar-refractivity contribution is 0.0819. The quantitative estimate of drug-likeness (QED) is 0.352. The van der Waals surface area contributed by atoms with E-state index >= 15 is 0 Å². The largest absolute Gasteiger partial charge is 0.386 e. The van der Waals surface area contributed by atoms with Crippen LogP contribution < -0.4 is 5.32 Å². The summed E-state index contributed by atoms with van der Waals surface area (Å²) in [6.07, 6.45) is 17.5. The van der Waals surface area contributed by atoms with Crippen LogP contribution in [0.25, 0.3) is 0 Å². The highest BCUT2D eigenvalue weighted by Crippen LogP contribution is 2.46. The first-order chi connectivity index (χ1) is 15.2. The summed E-state index contributed by atoms with van der Waals surface area (Å²) >= 11 is 0. The highest BCUT2D eigenvalue weighted by Gasteiger charge is 2.38. The predicted molar refractivity (Wildman–Crippen MR) is 141 cm³/mol. The smallest absolute Gasteiger partial charge is 0.0260 e. The van der Waals surface area contributed by atoms with Crippen molar-refractivity contribution in [1.29, 1.82) is 0 Å². The third kappa shape index (κ3) is 6.44. The summed E-state index contributed by atoms with van der Waals surface area (Å²) in [5, 5.41) is 4.04. The van der Waals surface area contributed by atoms with Crippen LogP contribution in [0.2, 0.25) is 0 Å². The SMILES string of the molecule is C/C=C/C(C)C1CCC(CC2CC(C(C)NC3=C(CC(C)C)C(C)C3)C(C)CC2C)CC1.